The quantitative estimate of drug-likeness (QED) is 0.296. The van der Waals surface area contributed by atoms with E-state index in [0.29, 0.717) is 36.8 Å². The number of hydrogen-bond donors (Lipinski definition) is 1. The molecule has 2 heterocycles. The standard InChI is InChI=1S/C29H26N2O6/c1-19-26(30-28(33)36-20(2)21-6-4-3-5-7-21)27(37-31-19)24-10-8-22(9-11-24)23-12-14-25(15-13-23)29(35-18-32)16-34-17-29/h3-15,18,20H,16-17H2,1-2H3,(H,30,33)/t20-/m1/s1. The predicted octanol–water partition coefficient (Wildman–Crippen LogP) is 6.03. The van der Waals surface area contributed by atoms with Crippen molar-refractivity contribution in [3.63, 3.8) is 0 Å². The molecule has 0 radical (unpaired) electrons. The molecule has 1 aliphatic heterocycles. The van der Waals surface area contributed by atoms with E-state index in [9.17, 15) is 9.59 Å². The zero-order valence-electron chi connectivity index (χ0n) is 20.5. The Labute approximate surface area is 214 Å². The molecule has 0 aliphatic carbocycles. The molecule has 1 aliphatic rings. The van der Waals surface area contributed by atoms with Crippen molar-refractivity contribution in [2.45, 2.75) is 25.6 Å². The number of anilines is 1. The Balaban J connectivity index is 1.30. The average Bonchev–Trinajstić information content (AvgIpc) is 3.26. The number of amides is 1. The number of carbonyl (C=O) groups is 2. The molecular weight excluding hydrogens is 472 g/mol. The van der Waals surface area contributed by atoms with E-state index >= 15 is 0 Å². The molecule has 1 amide bonds. The molecule has 1 N–H and O–H groups in total. The van der Waals surface area contributed by atoms with E-state index in [-0.39, 0.29) is 0 Å². The zero-order chi connectivity index (χ0) is 25.8. The minimum atomic E-state index is -0.697. The molecule has 0 bridgehead atoms. The van der Waals surface area contributed by atoms with E-state index in [1.54, 1.807) is 6.92 Å². The van der Waals surface area contributed by atoms with E-state index in [1.807, 2.05) is 85.8 Å². The van der Waals surface area contributed by atoms with Gasteiger partial charge in [-0.3, -0.25) is 10.1 Å². The lowest BCUT2D eigenvalue weighted by Crippen LogP contribution is -2.48. The van der Waals surface area contributed by atoms with Crippen molar-refractivity contribution in [3.8, 4) is 22.5 Å². The molecule has 5 rings (SSSR count). The maximum absolute atomic E-state index is 12.6. The van der Waals surface area contributed by atoms with Crippen molar-refractivity contribution in [2.75, 3.05) is 18.5 Å². The van der Waals surface area contributed by atoms with Gasteiger partial charge in [0, 0.05) is 11.1 Å². The summed E-state index contributed by atoms with van der Waals surface area (Å²) in [4.78, 5) is 23.5. The van der Waals surface area contributed by atoms with Crippen LogP contribution >= 0.6 is 0 Å². The van der Waals surface area contributed by atoms with Crippen LogP contribution in [0.2, 0.25) is 0 Å². The maximum Gasteiger partial charge on any atom is 0.412 e. The highest BCUT2D eigenvalue weighted by Gasteiger charge is 2.42. The minimum Gasteiger partial charge on any atom is -0.451 e. The Morgan fingerprint density at radius 2 is 1.59 bits per heavy atom. The molecule has 3 aromatic carbocycles. The van der Waals surface area contributed by atoms with Crippen LogP contribution in [0.15, 0.2) is 83.4 Å². The molecule has 37 heavy (non-hydrogen) atoms. The van der Waals surface area contributed by atoms with Crippen molar-refractivity contribution < 1.29 is 28.3 Å². The Hall–Kier alpha value is -4.43. The van der Waals surface area contributed by atoms with Gasteiger partial charge in [0.25, 0.3) is 6.47 Å². The van der Waals surface area contributed by atoms with Crippen molar-refractivity contribution >= 4 is 18.3 Å². The second kappa shape index (κ2) is 10.3. The molecular formula is C29H26N2O6. The fourth-order valence-electron chi connectivity index (χ4n) is 4.26. The third-order valence-electron chi connectivity index (χ3n) is 6.48. The van der Waals surface area contributed by atoms with E-state index in [2.05, 4.69) is 10.5 Å². The Bertz CT molecular complexity index is 1380. The number of nitrogens with one attached hydrogen (secondary N) is 1. The van der Waals surface area contributed by atoms with Gasteiger partial charge in [0.1, 0.15) is 17.5 Å². The lowest BCUT2D eigenvalue weighted by Gasteiger charge is -2.39. The van der Waals surface area contributed by atoms with Crippen molar-refractivity contribution in [1.82, 2.24) is 5.16 Å². The van der Waals surface area contributed by atoms with Crippen LogP contribution in [-0.4, -0.2) is 30.9 Å². The molecule has 4 aromatic rings. The van der Waals surface area contributed by atoms with Crippen LogP contribution in [0.25, 0.3) is 22.5 Å². The normalized spacial score (nSPS) is 14.8. The summed E-state index contributed by atoms with van der Waals surface area (Å²) < 4.78 is 21.6. The first kappa shape index (κ1) is 24.3. The van der Waals surface area contributed by atoms with E-state index < -0.39 is 17.8 Å². The van der Waals surface area contributed by atoms with Crippen LogP contribution < -0.4 is 5.32 Å². The van der Waals surface area contributed by atoms with Gasteiger partial charge >= 0.3 is 6.09 Å². The number of nitrogens with zero attached hydrogens (tertiary/aromatic N) is 1. The monoisotopic (exact) mass is 498 g/mol. The number of benzene rings is 3. The molecule has 1 saturated heterocycles. The Morgan fingerprint density at radius 1 is 0.973 bits per heavy atom. The first-order valence-electron chi connectivity index (χ1n) is 11.9. The number of rotatable bonds is 8. The second-order valence-electron chi connectivity index (χ2n) is 8.91. The van der Waals surface area contributed by atoms with Gasteiger partial charge in [-0.25, -0.2) is 4.79 Å². The van der Waals surface area contributed by atoms with E-state index in [1.165, 1.54) is 0 Å². The topological polar surface area (TPSA) is 99.9 Å². The van der Waals surface area contributed by atoms with Crippen LogP contribution in [0.1, 0.15) is 29.8 Å². The Kier molecular flexibility index (Phi) is 6.74. The van der Waals surface area contributed by atoms with Gasteiger partial charge < -0.3 is 18.7 Å². The fraction of sp³-hybridized carbons (Fsp3) is 0.207. The van der Waals surface area contributed by atoms with Crippen molar-refractivity contribution in [2.24, 2.45) is 0 Å². The Morgan fingerprint density at radius 3 is 2.19 bits per heavy atom. The highest BCUT2D eigenvalue weighted by molar-refractivity contribution is 5.91. The summed E-state index contributed by atoms with van der Waals surface area (Å²) in [7, 11) is 0. The molecule has 8 nitrogen and oxygen atoms in total. The third-order valence-corrected chi connectivity index (χ3v) is 6.48. The fourth-order valence-corrected chi connectivity index (χ4v) is 4.26. The summed E-state index contributed by atoms with van der Waals surface area (Å²) in [5.74, 6) is 0.446. The van der Waals surface area contributed by atoms with Crippen LogP contribution in [-0.2, 0) is 24.6 Å². The summed E-state index contributed by atoms with van der Waals surface area (Å²) in [5.41, 5.74) is 4.86. The molecule has 0 saturated carbocycles. The number of aromatic nitrogens is 1. The van der Waals surface area contributed by atoms with Gasteiger partial charge in [0.2, 0.25) is 0 Å². The number of hydrogen-bond acceptors (Lipinski definition) is 7. The van der Waals surface area contributed by atoms with Gasteiger partial charge in [-0.2, -0.15) is 0 Å². The van der Waals surface area contributed by atoms with Gasteiger partial charge in [-0.05, 0) is 30.5 Å². The zero-order valence-corrected chi connectivity index (χ0v) is 20.5. The largest absolute Gasteiger partial charge is 0.451 e. The van der Waals surface area contributed by atoms with Gasteiger partial charge in [-0.15, -0.1) is 0 Å². The molecule has 1 fully saturated rings. The highest BCUT2D eigenvalue weighted by Crippen LogP contribution is 2.36. The SMILES string of the molecule is Cc1noc(-c2ccc(-c3ccc(C4(OC=O)COC4)cc3)cc2)c1NC(=O)O[C@H](C)c1ccccc1. The lowest BCUT2D eigenvalue weighted by atomic mass is 9.90. The number of carbonyl (C=O) groups excluding carboxylic acids is 2. The number of aryl methyl sites for hydroxylation is 1. The molecule has 0 unspecified atom stereocenters. The summed E-state index contributed by atoms with van der Waals surface area (Å²) in [6.07, 6.45) is -0.999. The summed E-state index contributed by atoms with van der Waals surface area (Å²) >= 11 is 0. The summed E-state index contributed by atoms with van der Waals surface area (Å²) in [5, 5.41) is 6.81. The van der Waals surface area contributed by atoms with Crippen LogP contribution in [0, 0.1) is 6.92 Å². The van der Waals surface area contributed by atoms with E-state index in [0.717, 1.165) is 27.8 Å². The van der Waals surface area contributed by atoms with Crippen molar-refractivity contribution in [3.05, 3.63) is 95.7 Å². The van der Waals surface area contributed by atoms with Crippen LogP contribution in [0.3, 0.4) is 0 Å². The van der Waals surface area contributed by atoms with Gasteiger partial charge in [0.05, 0.1) is 13.2 Å². The molecule has 188 valence electrons. The lowest BCUT2D eigenvalue weighted by molar-refractivity contribution is -0.207. The van der Waals surface area contributed by atoms with Crippen molar-refractivity contribution in [1.29, 1.82) is 0 Å². The molecule has 0 spiro atoms. The van der Waals surface area contributed by atoms with Crippen LogP contribution in [0.5, 0.6) is 0 Å². The predicted molar refractivity (Wildman–Crippen MR) is 137 cm³/mol. The smallest absolute Gasteiger partial charge is 0.412 e. The van der Waals surface area contributed by atoms with Gasteiger partial charge in [0.15, 0.2) is 11.4 Å². The van der Waals surface area contributed by atoms with E-state index in [4.69, 9.17) is 18.7 Å². The van der Waals surface area contributed by atoms with Gasteiger partial charge in [-0.1, -0.05) is 84.0 Å². The third kappa shape index (κ3) is 4.96. The average molecular weight is 499 g/mol. The second-order valence-corrected chi connectivity index (χ2v) is 8.91. The molecule has 1 aromatic heterocycles. The summed E-state index contributed by atoms with van der Waals surface area (Å²) in [6, 6.07) is 25.1. The van der Waals surface area contributed by atoms with Crippen LogP contribution in [0.4, 0.5) is 10.5 Å². The maximum atomic E-state index is 12.6. The first-order valence-corrected chi connectivity index (χ1v) is 11.9. The molecule has 8 heteroatoms. The number of ether oxygens (including phenoxy) is 3. The molecule has 1 atom stereocenters. The highest BCUT2D eigenvalue weighted by atomic mass is 16.6. The first-order chi connectivity index (χ1) is 18.0. The summed E-state index contributed by atoms with van der Waals surface area (Å²) in [6.45, 7) is 4.74. The minimum absolute atomic E-state index is 0.353.